The monoisotopic (exact) mass is 264 g/mol. The predicted molar refractivity (Wildman–Crippen MR) is 62.8 cm³/mol. The Labute approximate surface area is 98.0 Å². The van der Waals surface area contributed by atoms with Crippen LogP contribution in [0.5, 0.6) is 0 Å². The van der Waals surface area contributed by atoms with E-state index in [9.17, 15) is 4.79 Å². The van der Waals surface area contributed by atoms with Gasteiger partial charge in [-0.3, -0.25) is 4.79 Å². The van der Waals surface area contributed by atoms with E-state index in [0.29, 0.717) is 11.7 Å². The van der Waals surface area contributed by atoms with Crippen LogP contribution in [0.1, 0.15) is 37.2 Å². The number of halogens is 1. The third-order valence-corrected chi connectivity index (χ3v) is 4.86. The van der Waals surface area contributed by atoms with Gasteiger partial charge >= 0.3 is 0 Å². The summed E-state index contributed by atoms with van der Waals surface area (Å²) in [6, 6.07) is 8.32. The van der Waals surface area contributed by atoms with Crippen molar-refractivity contribution in [1.82, 2.24) is 0 Å². The van der Waals surface area contributed by atoms with Crippen LogP contribution in [-0.2, 0) is 4.79 Å². The van der Waals surface area contributed by atoms with Crippen molar-refractivity contribution in [3.05, 3.63) is 34.3 Å². The summed E-state index contributed by atoms with van der Waals surface area (Å²) in [7, 11) is 0. The van der Waals surface area contributed by atoms with Crippen LogP contribution in [0.2, 0.25) is 0 Å². The van der Waals surface area contributed by atoms with Gasteiger partial charge in [0.05, 0.1) is 0 Å². The van der Waals surface area contributed by atoms with Gasteiger partial charge in [0.1, 0.15) is 5.78 Å². The largest absolute Gasteiger partial charge is 0.299 e. The zero-order chi connectivity index (χ0) is 10.5. The number of benzene rings is 1. The Morgan fingerprint density at radius 3 is 2.53 bits per heavy atom. The molecule has 1 nitrogen and oxygen atoms in total. The lowest BCUT2D eigenvalue weighted by atomic mass is 9.47. The summed E-state index contributed by atoms with van der Waals surface area (Å²) in [4.78, 5) is 11.7. The second-order valence-electron chi connectivity index (χ2n) is 4.71. The molecule has 0 N–H and O–H groups in total. The van der Waals surface area contributed by atoms with Crippen LogP contribution in [0.15, 0.2) is 28.7 Å². The Morgan fingerprint density at radius 1 is 1.27 bits per heavy atom. The molecule has 2 aliphatic rings. The number of hydrogen-bond acceptors (Lipinski definition) is 1. The molecular weight excluding hydrogens is 252 g/mol. The number of carbonyl (C=O) groups excluding carboxylic acids is 1. The highest BCUT2D eigenvalue weighted by Gasteiger charge is 2.58. The van der Waals surface area contributed by atoms with Gasteiger partial charge in [0.15, 0.2) is 0 Å². The number of carbonyl (C=O) groups is 1. The fourth-order valence-corrected chi connectivity index (χ4v) is 3.56. The molecular formula is C13H13BrO. The third kappa shape index (κ3) is 1.17. The average Bonchev–Trinajstić information content (AvgIpc) is 2.13. The SMILES string of the molecule is O=C1CC(c2ccccc2Br)C12CCC2. The molecule has 2 saturated carbocycles. The summed E-state index contributed by atoms with van der Waals surface area (Å²) in [5.74, 6) is 0.976. The Kier molecular flexibility index (Phi) is 2.03. The van der Waals surface area contributed by atoms with E-state index in [-0.39, 0.29) is 5.41 Å². The molecule has 2 heteroatoms. The quantitative estimate of drug-likeness (QED) is 0.757. The lowest BCUT2D eigenvalue weighted by Crippen LogP contribution is -2.52. The standard InChI is InChI=1S/C13H13BrO/c14-11-5-2-1-4-9(11)10-8-12(15)13(10)6-3-7-13/h1-2,4-5,10H,3,6-8H2. The maximum Gasteiger partial charge on any atom is 0.140 e. The lowest BCUT2D eigenvalue weighted by molar-refractivity contribution is -0.148. The first-order valence-electron chi connectivity index (χ1n) is 5.52. The van der Waals surface area contributed by atoms with Crippen molar-refractivity contribution >= 4 is 21.7 Å². The van der Waals surface area contributed by atoms with Crippen molar-refractivity contribution in [2.45, 2.75) is 31.6 Å². The fourth-order valence-electron chi connectivity index (χ4n) is 3.00. The number of Topliss-reactive ketones (excluding diaryl/α,β-unsaturated/α-hetero) is 1. The first kappa shape index (κ1) is 9.59. The molecule has 0 radical (unpaired) electrons. The molecule has 1 aromatic rings. The van der Waals surface area contributed by atoms with Crippen LogP contribution < -0.4 is 0 Å². The minimum Gasteiger partial charge on any atom is -0.299 e. The van der Waals surface area contributed by atoms with Crippen molar-refractivity contribution < 1.29 is 4.79 Å². The molecule has 3 rings (SSSR count). The van der Waals surface area contributed by atoms with Crippen LogP contribution in [-0.4, -0.2) is 5.78 Å². The van der Waals surface area contributed by atoms with Gasteiger partial charge in [0, 0.05) is 22.2 Å². The van der Waals surface area contributed by atoms with Gasteiger partial charge in [-0.05, 0) is 24.5 Å². The molecule has 2 aliphatic carbocycles. The lowest BCUT2D eigenvalue weighted by Gasteiger charge is -2.54. The van der Waals surface area contributed by atoms with E-state index >= 15 is 0 Å². The van der Waals surface area contributed by atoms with Crippen molar-refractivity contribution in [2.75, 3.05) is 0 Å². The molecule has 0 bridgehead atoms. The maximum absolute atomic E-state index is 11.7. The van der Waals surface area contributed by atoms with Crippen molar-refractivity contribution in [1.29, 1.82) is 0 Å². The van der Waals surface area contributed by atoms with Crippen LogP contribution in [0.4, 0.5) is 0 Å². The van der Waals surface area contributed by atoms with Gasteiger partial charge in [-0.2, -0.15) is 0 Å². The average molecular weight is 265 g/mol. The van der Waals surface area contributed by atoms with Gasteiger partial charge in [-0.15, -0.1) is 0 Å². The fraction of sp³-hybridized carbons (Fsp3) is 0.462. The van der Waals surface area contributed by atoms with Crippen LogP contribution in [0.3, 0.4) is 0 Å². The first-order chi connectivity index (χ1) is 7.24. The third-order valence-electron chi connectivity index (χ3n) is 4.14. The van der Waals surface area contributed by atoms with Crippen molar-refractivity contribution in [3.8, 4) is 0 Å². The molecule has 0 amide bonds. The molecule has 0 heterocycles. The molecule has 1 aromatic carbocycles. The molecule has 2 fully saturated rings. The van der Waals surface area contributed by atoms with E-state index in [2.05, 4.69) is 34.1 Å². The minimum atomic E-state index is 0.0455. The van der Waals surface area contributed by atoms with E-state index in [0.717, 1.165) is 23.7 Å². The summed E-state index contributed by atoms with van der Waals surface area (Å²) < 4.78 is 1.16. The normalized spacial score (nSPS) is 27.3. The topological polar surface area (TPSA) is 17.1 Å². The van der Waals surface area contributed by atoms with E-state index in [1.807, 2.05) is 6.07 Å². The Balaban J connectivity index is 1.96. The second kappa shape index (κ2) is 3.18. The van der Waals surface area contributed by atoms with Crippen molar-refractivity contribution in [3.63, 3.8) is 0 Å². The van der Waals surface area contributed by atoms with Gasteiger partial charge in [0.2, 0.25) is 0 Å². The van der Waals surface area contributed by atoms with Gasteiger partial charge in [0.25, 0.3) is 0 Å². The van der Waals surface area contributed by atoms with Crippen LogP contribution in [0, 0.1) is 5.41 Å². The molecule has 0 saturated heterocycles. The molecule has 0 aliphatic heterocycles. The number of ketones is 1. The van der Waals surface area contributed by atoms with E-state index in [4.69, 9.17) is 0 Å². The Hall–Kier alpha value is -0.630. The summed E-state index contributed by atoms with van der Waals surface area (Å²) in [6.45, 7) is 0. The Bertz CT molecular complexity index is 420. The summed E-state index contributed by atoms with van der Waals surface area (Å²) >= 11 is 3.59. The highest BCUT2D eigenvalue weighted by molar-refractivity contribution is 9.10. The van der Waals surface area contributed by atoms with Crippen molar-refractivity contribution in [2.24, 2.45) is 5.41 Å². The molecule has 1 unspecified atom stereocenters. The summed E-state index contributed by atoms with van der Waals surface area (Å²) in [5, 5.41) is 0. The first-order valence-corrected chi connectivity index (χ1v) is 6.31. The molecule has 15 heavy (non-hydrogen) atoms. The zero-order valence-corrected chi connectivity index (χ0v) is 10.1. The molecule has 1 spiro atoms. The Morgan fingerprint density at radius 2 is 2.00 bits per heavy atom. The highest BCUT2D eigenvalue weighted by Crippen LogP contribution is 2.62. The smallest absolute Gasteiger partial charge is 0.140 e. The predicted octanol–water partition coefficient (Wildman–Crippen LogP) is 3.68. The maximum atomic E-state index is 11.7. The number of rotatable bonds is 1. The second-order valence-corrected chi connectivity index (χ2v) is 5.57. The molecule has 0 aromatic heterocycles. The zero-order valence-electron chi connectivity index (χ0n) is 8.50. The highest BCUT2D eigenvalue weighted by atomic mass is 79.9. The summed E-state index contributed by atoms with van der Waals surface area (Å²) in [5.41, 5.74) is 1.38. The van der Waals surface area contributed by atoms with Gasteiger partial charge < -0.3 is 0 Å². The molecule has 1 atom stereocenters. The van der Waals surface area contributed by atoms with E-state index in [1.54, 1.807) is 0 Å². The number of hydrogen-bond donors (Lipinski definition) is 0. The van der Waals surface area contributed by atoms with Crippen LogP contribution >= 0.6 is 15.9 Å². The van der Waals surface area contributed by atoms with Gasteiger partial charge in [-0.25, -0.2) is 0 Å². The van der Waals surface area contributed by atoms with Gasteiger partial charge in [-0.1, -0.05) is 40.5 Å². The van der Waals surface area contributed by atoms with Crippen LogP contribution in [0.25, 0.3) is 0 Å². The summed E-state index contributed by atoms with van der Waals surface area (Å²) in [6.07, 6.45) is 4.20. The van der Waals surface area contributed by atoms with E-state index in [1.165, 1.54) is 12.0 Å². The molecule has 78 valence electrons. The minimum absolute atomic E-state index is 0.0455. The van der Waals surface area contributed by atoms with E-state index < -0.39 is 0 Å².